The number of ketones is 1. The van der Waals surface area contributed by atoms with Crippen LogP contribution in [0.15, 0.2) is 96.8 Å². The molecule has 41 heavy (non-hydrogen) atoms. The summed E-state index contributed by atoms with van der Waals surface area (Å²) in [4.78, 5) is 32.5. The van der Waals surface area contributed by atoms with E-state index in [1.807, 2.05) is 43.3 Å². The number of aryl methyl sites for hydroxylation is 1. The number of aliphatic hydroxyl groups is 1. The van der Waals surface area contributed by atoms with E-state index in [1.165, 1.54) is 19.1 Å². The molecule has 0 bridgehead atoms. The summed E-state index contributed by atoms with van der Waals surface area (Å²) < 4.78 is 16.9. The largest absolute Gasteiger partial charge is 0.507 e. The monoisotopic (exact) mass is 550 g/mol. The van der Waals surface area contributed by atoms with E-state index in [0.717, 1.165) is 16.7 Å². The number of carbonyl (C=O) groups excluding carboxylic acids is 2. The Kier molecular flexibility index (Phi) is 8.01. The highest BCUT2D eigenvalue weighted by Crippen LogP contribution is 2.43. The standard InChI is InChI=1S/C33H30N2O6/c1-21-16-25(12-13-26(21)41-20-22-8-5-4-6-9-22)31(36)29-30(24-11-14-27(39-2)28(17-24)40-3)35(33(38)32(29)37)19-23-10-7-15-34-18-23/h4-18,30,36H,19-20H2,1-3H3/b31-29+/t30-/m0/s1. The lowest BCUT2D eigenvalue weighted by Crippen LogP contribution is -2.29. The van der Waals surface area contributed by atoms with Gasteiger partial charge in [0.05, 0.1) is 25.8 Å². The quantitative estimate of drug-likeness (QED) is 0.164. The van der Waals surface area contributed by atoms with Crippen LogP contribution in [-0.2, 0) is 22.7 Å². The van der Waals surface area contributed by atoms with Gasteiger partial charge in [-0.1, -0.05) is 42.5 Å². The minimum atomic E-state index is -0.871. The molecule has 1 aromatic heterocycles. The maximum atomic E-state index is 13.5. The molecule has 1 saturated heterocycles. The number of aromatic nitrogens is 1. The average molecular weight is 551 g/mol. The highest BCUT2D eigenvalue weighted by Gasteiger charge is 2.46. The Bertz CT molecular complexity index is 1600. The second kappa shape index (κ2) is 12.0. The Morgan fingerprint density at radius 3 is 2.29 bits per heavy atom. The molecule has 1 atom stereocenters. The first-order valence-electron chi connectivity index (χ1n) is 13.1. The van der Waals surface area contributed by atoms with Crippen LogP contribution in [0, 0.1) is 6.92 Å². The predicted octanol–water partition coefficient (Wildman–Crippen LogP) is 5.61. The van der Waals surface area contributed by atoms with Crippen molar-refractivity contribution in [3.63, 3.8) is 0 Å². The first kappa shape index (κ1) is 27.5. The Balaban J connectivity index is 1.55. The van der Waals surface area contributed by atoms with Gasteiger partial charge in [0.25, 0.3) is 11.7 Å². The maximum Gasteiger partial charge on any atom is 0.295 e. The van der Waals surface area contributed by atoms with Crippen molar-refractivity contribution in [2.45, 2.75) is 26.1 Å². The molecule has 8 nitrogen and oxygen atoms in total. The number of carbonyl (C=O) groups is 2. The molecule has 0 saturated carbocycles. The number of Topliss-reactive ketones (excluding diaryl/α,β-unsaturated/α-hetero) is 1. The van der Waals surface area contributed by atoms with E-state index in [9.17, 15) is 14.7 Å². The highest BCUT2D eigenvalue weighted by molar-refractivity contribution is 6.46. The Hall–Kier alpha value is -5.11. The van der Waals surface area contributed by atoms with E-state index in [1.54, 1.807) is 54.9 Å². The summed E-state index contributed by atoms with van der Waals surface area (Å²) in [6, 6.07) is 22.9. The van der Waals surface area contributed by atoms with Crippen molar-refractivity contribution in [1.29, 1.82) is 0 Å². The van der Waals surface area contributed by atoms with Crippen molar-refractivity contribution >= 4 is 17.4 Å². The lowest BCUT2D eigenvalue weighted by Gasteiger charge is -2.26. The molecule has 0 aliphatic carbocycles. The van der Waals surface area contributed by atoms with Crippen LogP contribution in [0.2, 0.25) is 0 Å². The molecule has 0 spiro atoms. The van der Waals surface area contributed by atoms with E-state index in [-0.39, 0.29) is 17.9 Å². The van der Waals surface area contributed by atoms with Crippen molar-refractivity contribution in [3.8, 4) is 17.2 Å². The summed E-state index contributed by atoms with van der Waals surface area (Å²) in [6.45, 7) is 2.38. The van der Waals surface area contributed by atoms with Crippen molar-refractivity contribution in [1.82, 2.24) is 9.88 Å². The molecule has 1 aliphatic rings. The third-order valence-corrected chi connectivity index (χ3v) is 7.02. The van der Waals surface area contributed by atoms with Crippen LogP contribution >= 0.6 is 0 Å². The van der Waals surface area contributed by atoms with Gasteiger partial charge < -0.3 is 24.2 Å². The number of rotatable bonds is 9. The molecular formula is C33H30N2O6. The summed E-state index contributed by atoms with van der Waals surface area (Å²) >= 11 is 0. The van der Waals surface area contributed by atoms with Crippen LogP contribution in [0.25, 0.3) is 5.76 Å². The van der Waals surface area contributed by atoms with E-state index >= 15 is 0 Å². The predicted molar refractivity (Wildman–Crippen MR) is 154 cm³/mol. The number of aliphatic hydroxyl groups excluding tert-OH is 1. The first-order chi connectivity index (χ1) is 19.9. The molecule has 1 amide bonds. The lowest BCUT2D eigenvalue weighted by atomic mass is 9.94. The van der Waals surface area contributed by atoms with Crippen LogP contribution in [0.5, 0.6) is 17.2 Å². The zero-order valence-electron chi connectivity index (χ0n) is 23.0. The van der Waals surface area contributed by atoms with E-state index in [4.69, 9.17) is 14.2 Å². The molecule has 0 radical (unpaired) electrons. The van der Waals surface area contributed by atoms with Gasteiger partial charge in [-0.3, -0.25) is 14.6 Å². The Labute approximate surface area is 238 Å². The van der Waals surface area contributed by atoms with Gasteiger partial charge in [0.2, 0.25) is 0 Å². The normalized spacial score (nSPS) is 16.1. The highest BCUT2D eigenvalue weighted by atomic mass is 16.5. The van der Waals surface area contributed by atoms with Crippen LogP contribution < -0.4 is 14.2 Å². The molecule has 2 heterocycles. The molecule has 1 N–H and O–H groups in total. The summed E-state index contributed by atoms with van der Waals surface area (Å²) in [6.07, 6.45) is 3.28. The van der Waals surface area contributed by atoms with E-state index < -0.39 is 17.7 Å². The zero-order chi connectivity index (χ0) is 28.9. The SMILES string of the molecule is COc1ccc([C@H]2/C(=C(\O)c3ccc(OCc4ccccc4)c(C)c3)C(=O)C(=O)N2Cc2cccnc2)cc1OC. The molecule has 4 aromatic rings. The van der Waals surface area contributed by atoms with Gasteiger partial charge in [-0.25, -0.2) is 0 Å². The van der Waals surface area contributed by atoms with Crippen LogP contribution in [0.3, 0.4) is 0 Å². The van der Waals surface area contributed by atoms with Gasteiger partial charge >= 0.3 is 0 Å². The molecule has 0 unspecified atom stereocenters. The summed E-state index contributed by atoms with van der Waals surface area (Å²) in [7, 11) is 3.04. The number of hydrogen-bond acceptors (Lipinski definition) is 7. The summed E-state index contributed by atoms with van der Waals surface area (Å²) in [5.41, 5.74) is 3.53. The fourth-order valence-corrected chi connectivity index (χ4v) is 4.95. The Morgan fingerprint density at radius 2 is 1.61 bits per heavy atom. The molecular weight excluding hydrogens is 520 g/mol. The number of benzene rings is 3. The molecule has 1 aliphatic heterocycles. The van der Waals surface area contributed by atoms with Gasteiger partial charge in [-0.2, -0.15) is 0 Å². The van der Waals surface area contributed by atoms with Crippen LogP contribution in [0.4, 0.5) is 0 Å². The number of likely N-dealkylation sites (tertiary alicyclic amines) is 1. The topological polar surface area (TPSA) is 98.2 Å². The molecule has 8 heteroatoms. The van der Waals surface area contributed by atoms with Crippen molar-refractivity contribution < 1.29 is 28.9 Å². The van der Waals surface area contributed by atoms with Crippen LogP contribution in [0.1, 0.15) is 33.9 Å². The third-order valence-electron chi connectivity index (χ3n) is 7.02. The maximum absolute atomic E-state index is 13.5. The van der Waals surface area contributed by atoms with Gasteiger partial charge in [0, 0.05) is 24.5 Å². The number of amides is 1. The number of pyridine rings is 1. The van der Waals surface area contributed by atoms with Gasteiger partial charge in [0.1, 0.15) is 18.1 Å². The number of methoxy groups -OCH3 is 2. The van der Waals surface area contributed by atoms with Crippen LogP contribution in [-0.4, -0.2) is 40.9 Å². The first-order valence-corrected chi connectivity index (χ1v) is 13.1. The summed E-state index contributed by atoms with van der Waals surface area (Å²) in [5, 5.41) is 11.5. The fraction of sp³-hybridized carbons (Fsp3) is 0.182. The van der Waals surface area contributed by atoms with Crippen molar-refractivity contribution in [2.75, 3.05) is 14.2 Å². The number of nitrogens with zero attached hydrogens (tertiary/aromatic N) is 2. The van der Waals surface area contributed by atoms with Crippen molar-refractivity contribution in [3.05, 3.63) is 125 Å². The number of hydrogen-bond donors (Lipinski definition) is 1. The minimum absolute atomic E-state index is 0.0107. The minimum Gasteiger partial charge on any atom is -0.507 e. The average Bonchev–Trinajstić information content (AvgIpc) is 3.25. The summed E-state index contributed by atoms with van der Waals surface area (Å²) in [5.74, 6) is -0.161. The van der Waals surface area contributed by atoms with Gasteiger partial charge in [-0.05, 0) is 65.6 Å². The Morgan fingerprint density at radius 1 is 0.878 bits per heavy atom. The molecule has 208 valence electrons. The number of ether oxygens (including phenoxy) is 3. The van der Waals surface area contributed by atoms with Crippen molar-refractivity contribution in [2.24, 2.45) is 0 Å². The van der Waals surface area contributed by atoms with E-state index in [2.05, 4.69) is 4.98 Å². The molecule has 1 fully saturated rings. The zero-order valence-corrected chi connectivity index (χ0v) is 23.0. The lowest BCUT2D eigenvalue weighted by molar-refractivity contribution is -0.140. The van der Waals surface area contributed by atoms with E-state index in [0.29, 0.717) is 35.0 Å². The van der Waals surface area contributed by atoms with Gasteiger partial charge in [0.15, 0.2) is 11.5 Å². The second-order valence-electron chi connectivity index (χ2n) is 9.66. The molecule has 5 rings (SSSR count). The molecule has 3 aromatic carbocycles. The third kappa shape index (κ3) is 5.63. The van der Waals surface area contributed by atoms with Gasteiger partial charge in [-0.15, -0.1) is 0 Å². The fourth-order valence-electron chi connectivity index (χ4n) is 4.95. The smallest absolute Gasteiger partial charge is 0.295 e. The second-order valence-corrected chi connectivity index (χ2v) is 9.66.